The van der Waals surface area contributed by atoms with Gasteiger partial charge in [-0.25, -0.2) is 13.9 Å². The Morgan fingerprint density at radius 1 is 1.47 bits per heavy atom. The highest BCUT2D eigenvalue weighted by Crippen LogP contribution is 2.17. The van der Waals surface area contributed by atoms with Crippen molar-refractivity contribution < 1.29 is 28.8 Å². The molecule has 0 aromatic rings. The van der Waals surface area contributed by atoms with Crippen LogP contribution in [0.2, 0.25) is 0 Å². The molecular weight excluding hydrogens is 272 g/mol. The maximum absolute atomic E-state index is 10.4. The van der Waals surface area contributed by atoms with Crippen molar-refractivity contribution in [3.63, 3.8) is 0 Å². The molecule has 2 heterocycles. The van der Waals surface area contributed by atoms with Crippen LogP contribution in [0.3, 0.4) is 0 Å². The summed E-state index contributed by atoms with van der Waals surface area (Å²) in [4.78, 5) is 30.5. The Kier molecular flexibility index (Phi) is 5.38. The monoisotopic (exact) mass is 282 g/mol. The van der Waals surface area contributed by atoms with Gasteiger partial charge in [0.15, 0.2) is 5.37 Å². The van der Waals surface area contributed by atoms with Crippen LogP contribution in [0, 0.1) is 0 Å². The third kappa shape index (κ3) is 4.71. The molecule has 0 radical (unpaired) electrons. The maximum Gasteiger partial charge on any atom is 0.419 e. The summed E-state index contributed by atoms with van der Waals surface area (Å²) in [7, 11) is 0. The van der Waals surface area contributed by atoms with Crippen LogP contribution in [0.15, 0.2) is 0 Å². The molecule has 0 saturated carbocycles. The molecule has 1 unspecified atom stereocenters. The minimum atomic E-state index is -0.981. The van der Waals surface area contributed by atoms with Gasteiger partial charge in [-0.3, -0.25) is 8.98 Å². The third-order valence-electron chi connectivity index (χ3n) is 1.63. The molecule has 0 aromatic carbocycles. The number of thioether (sulfide) groups is 1. The highest BCUT2D eigenvalue weighted by Gasteiger charge is 2.26. The summed E-state index contributed by atoms with van der Waals surface area (Å²) >= 11 is 1.98. The number of hydrogen-bond acceptors (Lipinski definition) is 6. The summed E-state index contributed by atoms with van der Waals surface area (Å²) in [5, 5.41) is 18.1. The Hall–Kier alpha value is -1.13. The molecule has 2 amide bonds. The van der Waals surface area contributed by atoms with E-state index in [2.05, 4.69) is 9.50 Å². The Morgan fingerprint density at radius 2 is 2.18 bits per heavy atom. The first-order chi connectivity index (χ1) is 8.00. The van der Waals surface area contributed by atoms with E-state index >= 15 is 0 Å². The largest absolute Gasteiger partial charge is 0.479 e. The maximum atomic E-state index is 10.4. The van der Waals surface area contributed by atoms with E-state index in [9.17, 15) is 14.4 Å². The van der Waals surface area contributed by atoms with Crippen LogP contribution in [-0.4, -0.2) is 56.8 Å². The van der Waals surface area contributed by atoms with Gasteiger partial charge in [-0.1, -0.05) is 0 Å². The summed E-state index contributed by atoms with van der Waals surface area (Å²) < 4.78 is 5.82. The molecule has 2 aliphatic heterocycles. The average molecular weight is 282 g/mol. The summed E-state index contributed by atoms with van der Waals surface area (Å²) in [5.74, 6) is -0.921. The number of carboxylic acid groups (broad SMARTS) is 2. The molecule has 10 heteroatoms. The molecule has 2 aliphatic rings. The molecule has 0 aliphatic carbocycles. The second-order valence-electron chi connectivity index (χ2n) is 2.88. The van der Waals surface area contributed by atoms with Crippen LogP contribution >= 0.6 is 24.0 Å². The number of amides is 2. The average Bonchev–Trinajstić information content (AvgIpc) is 2.87. The fourth-order valence-corrected chi connectivity index (χ4v) is 2.16. The minimum absolute atomic E-state index is 0.201. The normalized spacial score (nSPS) is 22.7. The second-order valence-corrected chi connectivity index (χ2v) is 4.80. The lowest BCUT2D eigenvalue weighted by molar-refractivity contribution is -0.138. The number of carbonyl (C=O) groups excluding carboxylic acids is 1. The van der Waals surface area contributed by atoms with Crippen molar-refractivity contribution in [2.45, 2.75) is 5.37 Å². The van der Waals surface area contributed by atoms with E-state index in [4.69, 9.17) is 10.2 Å². The van der Waals surface area contributed by atoms with E-state index in [1.54, 1.807) is 0 Å². The lowest BCUT2D eigenvalue weighted by atomic mass is 10.6. The number of aliphatic carboxylic acids is 1. The topological polar surface area (TPSA) is 116 Å². The number of rotatable bonds is 1. The Morgan fingerprint density at radius 3 is 2.41 bits per heavy atom. The summed E-state index contributed by atoms with van der Waals surface area (Å²) in [5.41, 5.74) is 0. The third-order valence-corrected chi connectivity index (χ3v) is 3.50. The quantitative estimate of drug-likeness (QED) is 0.448. The zero-order valence-electron chi connectivity index (χ0n) is 8.49. The van der Waals surface area contributed by atoms with Gasteiger partial charge >= 0.3 is 12.1 Å². The van der Waals surface area contributed by atoms with Crippen LogP contribution < -0.4 is 5.32 Å². The van der Waals surface area contributed by atoms with Gasteiger partial charge in [-0.2, -0.15) is 0 Å². The van der Waals surface area contributed by atoms with Gasteiger partial charge in [0, 0.05) is 0 Å². The van der Waals surface area contributed by atoms with Crippen molar-refractivity contribution >= 4 is 42.0 Å². The first kappa shape index (κ1) is 13.9. The highest BCUT2D eigenvalue weighted by molar-refractivity contribution is 8.01. The molecule has 8 nitrogen and oxygen atoms in total. The lowest BCUT2D eigenvalue weighted by Gasteiger charge is -2.02. The molecule has 3 N–H and O–H groups in total. The SMILES string of the molecule is O=C(O)N1CCOS1.O=C1CSC(C(=O)O)N1. The Labute approximate surface area is 105 Å². The fraction of sp³-hybridized carbons (Fsp3) is 0.571. The highest BCUT2D eigenvalue weighted by atomic mass is 32.2. The molecule has 17 heavy (non-hydrogen) atoms. The molecule has 1 atom stereocenters. The van der Waals surface area contributed by atoms with Crippen LogP contribution in [0.5, 0.6) is 0 Å². The van der Waals surface area contributed by atoms with E-state index < -0.39 is 17.4 Å². The Bertz CT molecular complexity index is 319. The van der Waals surface area contributed by atoms with E-state index in [-0.39, 0.29) is 11.7 Å². The van der Waals surface area contributed by atoms with Gasteiger partial charge in [0.25, 0.3) is 0 Å². The first-order valence-corrected chi connectivity index (χ1v) is 6.19. The molecule has 2 saturated heterocycles. The van der Waals surface area contributed by atoms with Crippen molar-refractivity contribution in [2.75, 3.05) is 18.9 Å². The van der Waals surface area contributed by atoms with Crippen LogP contribution in [0.25, 0.3) is 0 Å². The van der Waals surface area contributed by atoms with Crippen molar-refractivity contribution in [1.82, 2.24) is 9.62 Å². The summed E-state index contributed by atoms with van der Waals surface area (Å²) in [6, 6.07) is 0. The number of carboxylic acids is 1. The van der Waals surface area contributed by atoms with Gasteiger partial charge < -0.3 is 15.5 Å². The minimum Gasteiger partial charge on any atom is -0.479 e. The van der Waals surface area contributed by atoms with Gasteiger partial charge in [0.05, 0.1) is 18.9 Å². The van der Waals surface area contributed by atoms with Gasteiger partial charge in [0.2, 0.25) is 5.91 Å². The smallest absolute Gasteiger partial charge is 0.419 e. The number of carbonyl (C=O) groups is 3. The van der Waals surface area contributed by atoms with E-state index in [0.29, 0.717) is 13.2 Å². The zero-order chi connectivity index (χ0) is 12.8. The fourth-order valence-electron chi connectivity index (χ4n) is 0.907. The summed E-state index contributed by atoms with van der Waals surface area (Å²) in [6.07, 6.45) is -0.938. The standard InChI is InChI=1S/C4H5NO3S.C3H5NO3S/c6-2-1-9-3(5-2)4(7)8;5-3(6)4-1-2-7-8-4/h3H,1H2,(H,5,6)(H,7,8);1-2H2,(H,5,6). The van der Waals surface area contributed by atoms with Crippen LogP contribution in [0.1, 0.15) is 0 Å². The van der Waals surface area contributed by atoms with Gasteiger partial charge in [0.1, 0.15) is 12.2 Å². The number of hydrogen-bond donors (Lipinski definition) is 3. The number of nitrogens with one attached hydrogen (secondary N) is 1. The number of nitrogens with zero attached hydrogens (tertiary/aromatic N) is 1. The van der Waals surface area contributed by atoms with Gasteiger partial charge in [-0.05, 0) is 0 Å². The molecule has 2 fully saturated rings. The molecule has 0 aromatic heterocycles. The summed E-state index contributed by atoms with van der Waals surface area (Å²) in [6.45, 7) is 0.969. The molecule has 0 bridgehead atoms. The van der Waals surface area contributed by atoms with Crippen LogP contribution in [0.4, 0.5) is 4.79 Å². The van der Waals surface area contributed by atoms with E-state index in [1.807, 2.05) is 0 Å². The molecule has 0 spiro atoms. The van der Waals surface area contributed by atoms with Crippen molar-refractivity contribution in [3.05, 3.63) is 0 Å². The van der Waals surface area contributed by atoms with E-state index in [0.717, 1.165) is 28.3 Å². The molecule has 2 rings (SSSR count). The predicted octanol–water partition coefficient (Wildman–Crippen LogP) is -0.180. The van der Waals surface area contributed by atoms with Gasteiger partial charge in [-0.15, -0.1) is 11.8 Å². The molecular formula is C7H10N2O6S2. The first-order valence-electron chi connectivity index (χ1n) is 4.44. The Balaban J connectivity index is 0.000000171. The molecule has 96 valence electrons. The van der Waals surface area contributed by atoms with E-state index in [1.165, 1.54) is 0 Å². The van der Waals surface area contributed by atoms with Crippen molar-refractivity contribution in [2.24, 2.45) is 0 Å². The van der Waals surface area contributed by atoms with Crippen LogP contribution in [-0.2, 0) is 13.8 Å². The van der Waals surface area contributed by atoms with Crippen molar-refractivity contribution in [3.8, 4) is 0 Å². The lowest BCUT2D eigenvalue weighted by Crippen LogP contribution is -2.31. The van der Waals surface area contributed by atoms with Crippen molar-refractivity contribution in [1.29, 1.82) is 0 Å². The second kappa shape index (κ2) is 6.57. The predicted molar refractivity (Wildman–Crippen MR) is 60.3 cm³/mol. The zero-order valence-corrected chi connectivity index (χ0v) is 10.1.